The number of carbonyl (C=O) groups is 2. The number of benzene rings is 2. The number of rotatable bonds is 8. The summed E-state index contributed by atoms with van der Waals surface area (Å²) in [7, 11) is 0. The van der Waals surface area contributed by atoms with Crippen molar-refractivity contribution < 1.29 is 9.59 Å². The summed E-state index contributed by atoms with van der Waals surface area (Å²) in [5.74, 6) is 0.724. The molecule has 2 rings (SSSR count). The van der Waals surface area contributed by atoms with Crippen molar-refractivity contribution in [1.29, 1.82) is 0 Å². The van der Waals surface area contributed by atoms with Crippen LogP contribution in [0.15, 0.2) is 42.5 Å². The van der Waals surface area contributed by atoms with E-state index in [9.17, 15) is 9.59 Å². The van der Waals surface area contributed by atoms with Crippen LogP contribution in [0.25, 0.3) is 0 Å². The Morgan fingerprint density at radius 1 is 1.03 bits per heavy atom. The first-order chi connectivity index (χ1) is 14.5. The zero-order chi connectivity index (χ0) is 23.2. The SMILES string of the molecule is Cc1ccc(CSCC(=O)N(Cc2ccc(Cl)c(Cl)c2)C(C)C(=O)NC(C)(C)C)cc1. The minimum Gasteiger partial charge on any atom is -0.350 e. The normalized spacial score (nSPS) is 12.4. The van der Waals surface area contributed by atoms with Crippen LogP contribution in [0.1, 0.15) is 44.4 Å². The molecular weight excluding hydrogens is 451 g/mol. The van der Waals surface area contributed by atoms with Gasteiger partial charge in [0.2, 0.25) is 11.8 Å². The number of aryl methyl sites for hydroxylation is 1. The molecule has 0 aliphatic heterocycles. The van der Waals surface area contributed by atoms with Gasteiger partial charge in [-0.1, -0.05) is 59.1 Å². The summed E-state index contributed by atoms with van der Waals surface area (Å²) in [5.41, 5.74) is 2.81. The Balaban J connectivity index is 2.12. The molecule has 0 aromatic heterocycles. The zero-order valence-electron chi connectivity index (χ0n) is 18.7. The van der Waals surface area contributed by atoms with Crippen LogP contribution in [-0.2, 0) is 21.9 Å². The smallest absolute Gasteiger partial charge is 0.242 e. The summed E-state index contributed by atoms with van der Waals surface area (Å²) in [4.78, 5) is 27.5. The number of halogens is 2. The van der Waals surface area contributed by atoms with E-state index in [2.05, 4.69) is 29.6 Å². The molecule has 2 aromatic rings. The standard InChI is InChI=1S/C24H30Cl2N2O2S/c1-16-6-8-18(9-7-16)14-31-15-22(29)28(17(2)23(30)27-24(3,4)5)13-19-10-11-20(25)21(26)12-19/h6-12,17H,13-15H2,1-5H3,(H,27,30). The molecule has 0 saturated heterocycles. The highest BCUT2D eigenvalue weighted by Gasteiger charge is 2.28. The summed E-state index contributed by atoms with van der Waals surface area (Å²) in [5, 5.41) is 3.84. The van der Waals surface area contributed by atoms with Crippen molar-refractivity contribution >= 4 is 46.8 Å². The number of amides is 2. The lowest BCUT2D eigenvalue weighted by molar-refractivity contribution is -0.139. The fourth-order valence-electron chi connectivity index (χ4n) is 2.91. The van der Waals surface area contributed by atoms with Crippen molar-refractivity contribution in [3.8, 4) is 0 Å². The molecule has 1 atom stereocenters. The molecule has 0 bridgehead atoms. The molecule has 0 saturated carbocycles. The maximum Gasteiger partial charge on any atom is 0.242 e. The predicted molar refractivity (Wildman–Crippen MR) is 132 cm³/mol. The van der Waals surface area contributed by atoms with E-state index in [-0.39, 0.29) is 29.7 Å². The third kappa shape index (κ3) is 8.40. The lowest BCUT2D eigenvalue weighted by Gasteiger charge is -2.31. The molecular formula is C24H30Cl2N2O2S. The highest BCUT2D eigenvalue weighted by atomic mass is 35.5. The molecule has 1 unspecified atom stereocenters. The van der Waals surface area contributed by atoms with Crippen molar-refractivity contribution in [3.05, 3.63) is 69.2 Å². The van der Waals surface area contributed by atoms with E-state index < -0.39 is 6.04 Å². The molecule has 0 heterocycles. The quantitative estimate of drug-likeness (QED) is 0.513. The Kier molecular flexibility index (Phi) is 9.28. The van der Waals surface area contributed by atoms with Crippen LogP contribution in [0.5, 0.6) is 0 Å². The van der Waals surface area contributed by atoms with E-state index in [4.69, 9.17) is 23.2 Å². The summed E-state index contributed by atoms with van der Waals surface area (Å²) in [6, 6.07) is 12.9. The van der Waals surface area contributed by atoms with Gasteiger partial charge in [0.15, 0.2) is 0 Å². The van der Waals surface area contributed by atoms with Gasteiger partial charge in [-0.05, 0) is 57.9 Å². The van der Waals surface area contributed by atoms with Crippen molar-refractivity contribution in [2.45, 2.75) is 58.5 Å². The fraction of sp³-hybridized carbons (Fsp3) is 0.417. The Labute approximate surface area is 199 Å². The van der Waals surface area contributed by atoms with Crippen LogP contribution in [0.4, 0.5) is 0 Å². The highest BCUT2D eigenvalue weighted by Crippen LogP contribution is 2.24. The largest absolute Gasteiger partial charge is 0.350 e. The number of nitrogens with one attached hydrogen (secondary N) is 1. The van der Waals surface area contributed by atoms with Crippen LogP contribution in [0.3, 0.4) is 0 Å². The lowest BCUT2D eigenvalue weighted by Crippen LogP contribution is -2.52. The van der Waals surface area contributed by atoms with Crippen LogP contribution < -0.4 is 5.32 Å². The Morgan fingerprint density at radius 2 is 1.65 bits per heavy atom. The molecule has 0 aliphatic carbocycles. The molecule has 0 fully saturated rings. The summed E-state index contributed by atoms with van der Waals surface area (Å²) >= 11 is 13.7. The van der Waals surface area contributed by atoms with E-state index in [1.54, 1.807) is 24.0 Å². The lowest BCUT2D eigenvalue weighted by atomic mass is 10.1. The number of hydrogen-bond acceptors (Lipinski definition) is 3. The molecule has 0 aliphatic rings. The maximum atomic E-state index is 13.1. The second-order valence-corrected chi connectivity index (χ2v) is 10.5. The maximum absolute atomic E-state index is 13.1. The number of thioether (sulfide) groups is 1. The molecule has 31 heavy (non-hydrogen) atoms. The van der Waals surface area contributed by atoms with E-state index >= 15 is 0 Å². The van der Waals surface area contributed by atoms with Gasteiger partial charge >= 0.3 is 0 Å². The van der Waals surface area contributed by atoms with Gasteiger partial charge < -0.3 is 10.2 Å². The summed E-state index contributed by atoms with van der Waals surface area (Å²) < 4.78 is 0. The zero-order valence-corrected chi connectivity index (χ0v) is 21.0. The molecule has 4 nitrogen and oxygen atoms in total. The van der Waals surface area contributed by atoms with Gasteiger partial charge in [0.1, 0.15) is 6.04 Å². The van der Waals surface area contributed by atoms with Crippen molar-refractivity contribution in [2.24, 2.45) is 0 Å². The molecule has 0 spiro atoms. The van der Waals surface area contributed by atoms with E-state index in [1.165, 1.54) is 17.3 Å². The summed E-state index contributed by atoms with van der Waals surface area (Å²) in [6.45, 7) is 9.83. The monoisotopic (exact) mass is 480 g/mol. The van der Waals surface area contributed by atoms with Crippen LogP contribution in [0.2, 0.25) is 10.0 Å². The minimum absolute atomic E-state index is 0.0975. The highest BCUT2D eigenvalue weighted by molar-refractivity contribution is 7.99. The second kappa shape index (κ2) is 11.3. The average Bonchev–Trinajstić information content (AvgIpc) is 2.68. The molecule has 2 aromatic carbocycles. The molecule has 2 amide bonds. The van der Waals surface area contributed by atoms with Crippen molar-refractivity contribution in [3.63, 3.8) is 0 Å². The molecule has 0 radical (unpaired) electrons. The number of nitrogens with zero attached hydrogens (tertiary/aromatic N) is 1. The van der Waals surface area contributed by atoms with Gasteiger partial charge in [-0.2, -0.15) is 0 Å². The minimum atomic E-state index is -0.624. The second-order valence-electron chi connectivity index (χ2n) is 8.66. The predicted octanol–water partition coefficient (Wildman–Crippen LogP) is 5.87. The average molecular weight is 481 g/mol. The topological polar surface area (TPSA) is 49.4 Å². The first-order valence-electron chi connectivity index (χ1n) is 10.1. The van der Waals surface area contributed by atoms with Crippen LogP contribution in [0, 0.1) is 6.92 Å². The molecule has 1 N–H and O–H groups in total. The first kappa shape index (κ1) is 25.6. The van der Waals surface area contributed by atoms with Crippen molar-refractivity contribution in [1.82, 2.24) is 10.2 Å². The van der Waals surface area contributed by atoms with Gasteiger partial charge in [0.25, 0.3) is 0 Å². The molecule has 7 heteroatoms. The number of carbonyl (C=O) groups excluding carboxylic acids is 2. The van der Waals surface area contributed by atoms with Gasteiger partial charge in [-0.25, -0.2) is 0 Å². The van der Waals surface area contributed by atoms with Crippen LogP contribution >= 0.6 is 35.0 Å². The van der Waals surface area contributed by atoms with Gasteiger partial charge in [-0.3, -0.25) is 9.59 Å². The fourth-order valence-corrected chi connectivity index (χ4v) is 4.11. The molecule has 168 valence electrons. The summed E-state index contributed by atoms with van der Waals surface area (Å²) in [6.07, 6.45) is 0. The third-order valence-electron chi connectivity index (χ3n) is 4.62. The van der Waals surface area contributed by atoms with Gasteiger partial charge in [0.05, 0.1) is 15.8 Å². The first-order valence-corrected chi connectivity index (χ1v) is 12.1. The van der Waals surface area contributed by atoms with Gasteiger partial charge in [0, 0.05) is 17.8 Å². The van der Waals surface area contributed by atoms with E-state index in [0.29, 0.717) is 10.0 Å². The Hall–Kier alpha value is -1.69. The Bertz CT molecular complexity index is 911. The van der Waals surface area contributed by atoms with Crippen molar-refractivity contribution in [2.75, 3.05) is 5.75 Å². The van der Waals surface area contributed by atoms with Crippen LogP contribution in [-0.4, -0.2) is 34.0 Å². The Morgan fingerprint density at radius 3 is 2.23 bits per heavy atom. The van der Waals surface area contributed by atoms with E-state index in [1.807, 2.05) is 33.8 Å². The van der Waals surface area contributed by atoms with Gasteiger partial charge in [-0.15, -0.1) is 11.8 Å². The number of hydrogen-bond donors (Lipinski definition) is 1. The van der Waals surface area contributed by atoms with E-state index in [0.717, 1.165) is 16.9 Å². The third-order valence-corrected chi connectivity index (χ3v) is 6.34.